The lowest BCUT2D eigenvalue weighted by molar-refractivity contribution is -0.154. The molecule has 6 nitrogen and oxygen atoms in total. The smallest absolute Gasteiger partial charge is 0.306 e. The van der Waals surface area contributed by atoms with Crippen molar-refractivity contribution in [2.75, 3.05) is 5.43 Å². The average Bonchev–Trinajstić information content (AvgIpc) is 2.29. The predicted octanol–water partition coefficient (Wildman–Crippen LogP) is 2.65. The van der Waals surface area contributed by atoms with Crippen LogP contribution in [0, 0.1) is 0 Å². The molecule has 1 heterocycles. The Morgan fingerprint density at radius 3 is 2.79 bits per heavy atom. The largest absolute Gasteiger partial charge is 0.460 e. The van der Waals surface area contributed by atoms with Crippen molar-refractivity contribution in [3.8, 4) is 0 Å². The van der Waals surface area contributed by atoms with Crippen molar-refractivity contribution in [3.05, 3.63) is 17.3 Å². The molecule has 0 atom stereocenters. The van der Waals surface area contributed by atoms with Gasteiger partial charge in [0.25, 0.3) is 0 Å². The van der Waals surface area contributed by atoms with E-state index in [4.69, 9.17) is 16.3 Å². The Balaban J connectivity index is 2.24. The molecule has 19 heavy (non-hydrogen) atoms. The SMILES string of the molecule is CC(C)(C)OC(=O)CCC=NNc1ccc(Cl)nn1. The van der Waals surface area contributed by atoms with E-state index < -0.39 is 5.60 Å². The van der Waals surface area contributed by atoms with E-state index in [0.29, 0.717) is 17.4 Å². The van der Waals surface area contributed by atoms with E-state index in [-0.39, 0.29) is 12.4 Å². The van der Waals surface area contributed by atoms with Crippen LogP contribution in [0.3, 0.4) is 0 Å². The van der Waals surface area contributed by atoms with Gasteiger partial charge in [-0.3, -0.25) is 10.2 Å². The molecule has 1 rings (SSSR count). The highest BCUT2D eigenvalue weighted by Crippen LogP contribution is 2.09. The molecular formula is C12H17ClN4O2. The van der Waals surface area contributed by atoms with Crippen LogP contribution in [0.15, 0.2) is 17.2 Å². The van der Waals surface area contributed by atoms with Crippen LogP contribution < -0.4 is 5.43 Å². The van der Waals surface area contributed by atoms with Crippen molar-refractivity contribution in [1.82, 2.24) is 10.2 Å². The van der Waals surface area contributed by atoms with Crippen molar-refractivity contribution >= 4 is 29.6 Å². The second-order valence-electron chi connectivity index (χ2n) is 4.79. The molecule has 0 aliphatic rings. The second kappa shape index (κ2) is 7.04. The Morgan fingerprint density at radius 1 is 1.47 bits per heavy atom. The van der Waals surface area contributed by atoms with Gasteiger partial charge in [-0.05, 0) is 39.3 Å². The van der Waals surface area contributed by atoms with Gasteiger partial charge in [-0.15, -0.1) is 10.2 Å². The van der Waals surface area contributed by atoms with Crippen molar-refractivity contribution in [1.29, 1.82) is 0 Å². The molecule has 0 unspecified atom stereocenters. The van der Waals surface area contributed by atoms with E-state index in [2.05, 4.69) is 20.7 Å². The number of anilines is 1. The quantitative estimate of drug-likeness (QED) is 0.511. The maximum Gasteiger partial charge on any atom is 0.306 e. The summed E-state index contributed by atoms with van der Waals surface area (Å²) in [7, 11) is 0. The lowest BCUT2D eigenvalue weighted by Crippen LogP contribution is -2.23. The van der Waals surface area contributed by atoms with E-state index in [9.17, 15) is 4.79 Å². The first-order valence-electron chi connectivity index (χ1n) is 5.85. The molecule has 1 N–H and O–H groups in total. The summed E-state index contributed by atoms with van der Waals surface area (Å²) in [5.74, 6) is 0.239. The van der Waals surface area contributed by atoms with Gasteiger partial charge in [-0.2, -0.15) is 5.10 Å². The molecule has 0 bridgehead atoms. The fraction of sp³-hybridized carbons (Fsp3) is 0.500. The van der Waals surface area contributed by atoms with E-state index in [1.165, 1.54) is 0 Å². The van der Waals surface area contributed by atoms with Crippen molar-refractivity contribution < 1.29 is 9.53 Å². The Hall–Kier alpha value is -1.69. The number of nitrogens with zero attached hydrogens (tertiary/aromatic N) is 3. The van der Waals surface area contributed by atoms with Gasteiger partial charge in [0.05, 0.1) is 6.42 Å². The molecule has 104 valence electrons. The van der Waals surface area contributed by atoms with Gasteiger partial charge in [0.1, 0.15) is 5.60 Å². The second-order valence-corrected chi connectivity index (χ2v) is 5.18. The molecule has 0 saturated heterocycles. The first-order chi connectivity index (χ1) is 8.87. The minimum atomic E-state index is -0.453. The third kappa shape index (κ3) is 7.35. The highest BCUT2D eigenvalue weighted by Gasteiger charge is 2.15. The average molecular weight is 285 g/mol. The molecule has 7 heteroatoms. The number of carbonyl (C=O) groups is 1. The summed E-state index contributed by atoms with van der Waals surface area (Å²) in [6.07, 6.45) is 2.36. The van der Waals surface area contributed by atoms with Crippen LogP contribution in [0.4, 0.5) is 5.82 Å². The number of rotatable bonds is 5. The van der Waals surface area contributed by atoms with Gasteiger partial charge in [0, 0.05) is 6.21 Å². The predicted molar refractivity (Wildman–Crippen MR) is 74.2 cm³/mol. The summed E-state index contributed by atoms with van der Waals surface area (Å²) in [6, 6.07) is 3.26. The molecule has 0 saturated carbocycles. The van der Waals surface area contributed by atoms with Gasteiger partial charge in [-0.1, -0.05) is 11.6 Å². The van der Waals surface area contributed by atoms with E-state index in [1.807, 2.05) is 20.8 Å². The van der Waals surface area contributed by atoms with Crippen LogP contribution in [0.25, 0.3) is 0 Å². The lowest BCUT2D eigenvalue weighted by atomic mass is 10.2. The van der Waals surface area contributed by atoms with Crippen molar-refractivity contribution in [3.63, 3.8) is 0 Å². The molecule has 1 aromatic heterocycles. The summed E-state index contributed by atoms with van der Waals surface area (Å²) in [4.78, 5) is 11.4. The highest BCUT2D eigenvalue weighted by atomic mass is 35.5. The Morgan fingerprint density at radius 2 is 2.21 bits per heavy atom. The maximum atomic E-state index is 11.4. The first-order valence-corrected chi connectivity index (χ1v) is 6.23. The topological polar surface area (TPSA) is 76.5 Å². The van der Waals surface area contributed by atoms with Crippen LogP contribution in [0.2, 0.25) is 5.15 Å². The van der Waals surface area contributed by atoms with Gasteiger partial charge >= 0.3 is 5.97 Å². The van der Waals surface area contributed by atoms with Gasteiger partial charge < -0.3 is 4.74 Å². The summed E-state index contributed by atoms with van der Waals surface area (Å²) < 4.78 is 5.16. The summed E-state index contributed by atoms with van der Waals surface area (Å²) in [5, 5.41) is 11.6. The van der Waals surface area contributed by atoms with Gasteiger partial charge in [-0.25, -0.2) is 0 Å². The van der Waals surface area contributed by atoms with E-state index in [1.54, 1.807) is 18.3 Å². The van der Waals surface area contributed by atoms with Crippen molar-refractivity contribution in [2.45, 2.75) is 39.2 Å². The molecule has 0 aliphatic carbocycles. The Labute approximate surface area is 117 Å². The number of nitrogens with one attached hydrogen (secondary N) is 1. The number of hydrazone groups is 1. The molecule has 0 amide bonds. The third-order valence-corrected chi connectivity index (χ3v) is 2.00. The normalized spacial score (nSPS) is 11.6. The molecule has 0 fully saturated rings. The standard InChI is InChI=1S/C12H17ClN4O2/c1-12(2,3)19-11(18)5-4-8-14-16-10-7-6-9(13)15-17-10/h6-8H,4-5H2,1-3H3,(H,16,17). The Kier molecular flexibility index (Phi) is 5.69. The summed E-state index contributed by atoms with van der Waals surface area (Å²) >= 11 is 5.59. The zero-order chi connectivity index (χ0) is 14.3. The monoisotopic (exact) mass is 284 g/mol. The van der Waals surface area contributed by atoms with Gasteiger partial charge in [0.15, 0.2) is 11.0 Å². The number of esters is 1. The molecule has 0 aromatic carbocycles. The zero-order valence-electron chi connectivity index (χ0n) is 11.2. The van der Waals surface area contributed by atoms with Crippen LogP contribution >= 0.6 is 11.6 Å². The van der Waals surface area contributed by atoms with E-state index in [0.717, 1.165) is 0 Å². The van der Waals surface area contributed by atoms with Gasteiger partial charge in [0.2, 0.25) is 0 Å². The zero-order valence-corrected chi connectivity index (χ0v) is 11.9. The fourth-order valence-corrected chi connectivity index (χ4v) is 1.23. The minimum absolute atomic E-state index is 0.245. The Bertz CT molecular complexity index is 440. The first kappa shape index (κ1) is 15.4. The lowest BCUT2D eigenvalue weighted by Gasteiger charge is -2.18. The summed E-state index contributed by atoms with van der Waals surface area (Å²) in [5.41, 5.74) is 2.23. The molecule has 1 aromatic rings. The number of halogens is 1. The molecule has 0 spiro atoms. The van der Waals surface area contributed by atoms with Crippen molar-refractivity contribution in [2.24, 2.45) is 5.10 Å². The highest BCUT2D eigenvalue weighted by molar-refractivity contribution is 6.29. The number of ether oxygens (including phenoxy) is 1. The van der Waals surface area contributed by atoms with Crippen LogP contribution in [-0.2, 0) is 9.53 Å². The molecule has 0 aliphatic heterocycles. The number of hydrogen-bond donors (Lipinski definition) is 1. The fourth-order valence-electron chi connectivity index (χ4n) is 1.13. The number of aromatic nitrogens is 2. The summed E-state index contributed by atoms with van der Waals surface area (Å²) in [6.45, 7) is 5.50. The molecule has 0 radical (unpaired) electrons. The van der Waals surface area contributed by atoms with Crippen LogP contribution in [-0.4, -0.2) is 28.0 Å². The van der Waals surface area contributed by atoms with Crippen LogP contribution in [0.1, 0.15) is 33.6 Å². The molecular weight excluding hydrogens is 268 g/mol. The number of hydrogen-bond acceptors (Lipinski definition) is 6. The van der Waals surface area contributed by atoms with E-state index >= 15 is 0 Å². The third-order valence-electron chi connectivity index (χ3n) is 1.80. The number of carbonyl (C=O) groups excluding carboxylic acids is 1. The van der Waals surface area contributed by atoms with Crippen LogP contribution in [0.5, 0.6) is 0 Å². The maximum absolute atomic E-state index is 11.4. The minimum Gasteiger partial charge on any atom is -0.460 e.